The average Bonchev–Trinajstić information content (AvgIpc) is 2.43. The highest BCUT2D eigenvalue weighted by Crippen LogP contribution is 2.09. The molecule has 1 aromatic carbocycles. The number of Topliss-reactive ketones (excluding diaryl/α,β-unsaturated/α-hetero) is 1. The zero-order valence-corrected chi connectivity index (χ0v) is 12.1. The fourth-order valence-electron chi connectivity index (χ4n) is 2.04. The second-order valence-electron chi connectivity index (χ2n) is 4.79. The number of hydrogen-bond acceptors (Lipinski definition) is 2. The summed E-state index contributed by atoms with van der Waals surface area (Å²) < 4.78 is 0. The second kappa shape index (κ2) is 7.32. The number of rotatable bonds is 7. The number of hydrogen-bond donors (Lipinski definition) is 0. The predicted octanol–water partition coefficient (Wildman–Crippen LogP) is 3.55. The molecule has 0 aliphatic heterocycles. The third kappa shape index (κ3) is 3.95. The topological polar surface area (TPSA) is 20.3 Å². The Morgan fingerprint density at radius 3 is 2.22 bits per heavy atom. The summed E-state index contributed by atoms with van der Waals surface area (Å²) in [6.45, 7) is 10.0. The van der Waals surface area contributed by atoms with Crippen LogP contribution < -0.4 is 0 Å². The number of ketones is 1. The zero-order chi connectivity index (χ0) is 13.5. The van der Waals surface area contributed by atoms with E-state index in [0.717, 1.165) is 24.9 Å². The molecule has 0 fully saturated rings. The van der Waals surface area contributed by atoms with Gasteiger partial charge < -0.3 is 0 Å². The van der Waals surface area contributed by atoms with E-state index in [0.29, 0.717) is 12.6 Å². The third-order valence-corrected chi connectivity index (χ3v) is 3.65. The molecule has 0 saturated heterocycles. The lowest BCUT2D eigenvalue weighted by Crippen LogP contribution is -2.36. The molecule has 0 amide bonds. The van der Waals surface area contributed by atoms with E-state index >= 15 is 0 Å². The molecular formula is C16H25NO. The van der Waals surface area contributed by atoms with Gasteiger partial charge in [0.15, 0.2) is 5.78 Å². The van der Waals surface area contributed by atoms with Crippen LogP contribution in [-0.2, 0) is 6.42 Å². The van der Waals surface area contributed by atoms with Gasteiger partial charge in [0, 0.05) is 11.6 Å². The van der Waals surface area contributed by atoms with Crippen LogP contribution in [0.5, 0.6) is 0 Å². The first kappa shape index (κ1) is 14.9. The fourth-order valence-corrected chi connectivity index (χ4v) is 2.04. The molecule has 1 aromatic rings. The minimum Gasteiger partial charge on any atom is -0.293 e. The first-order valence-corrected chi connectivity index (χ1v) is 6.98. The maximum absolute atomic E-state index is 12.2. The minimum absolute atomic E-state index is 0.222. The SMILES string of the molecule is CCc1ccc(C(=O)CN(CC)C(C)CC)cc1. The van der Waals surface area contributed by atoms with E-state index in [1.807, 2.05) is 24.3 Å². The molecule has 0 heterocycles. The Balaban J connectivity index is 2.68. The van der Waals surface area contributed by atoms with E-state index in [-0.39, 0.29) is 5.78 Å². The van der Waals surface area contributed by atoms with Crippen LogP contribution in [-0.4, -0.2) is 29.8 Å². The molecule has 0 radical (unpaired) electrons. The fraction of sp³-hybridized carbons (Fsp3) is 0.562. The Kier molecular flexibility index (Phi) is 6.06. The molecule has 0 aliphatic rings. The zero-order valence-electron chi connectivity index (χ0n) is 12.1. The van der Waals surface area contributed by atoms with Gasteiger partial charge in [-0.2, -0.15) is 0 Å². The highest BCUT2D eigenvalue weighted by Gasteiger charge is 2.15. The van der Waals surface area contributed by atoms with Gasteiger partial charge in [0.05, 0.1) is 6.54 Å². The number of carbonyl (C=O) groups is 1. The monoisotopic (exact) mass is 247 g/mol. The predicted molar refractivity (Wildman–Crippen MR) is 77.2 cm³/mol. The smallest absolute Gasteiger partial charge is 0.176 e. The summed E-state index contributed by atoms with van der Waals surface area (Å²) in [5, 5.41) is 0. The van der Waals surface area contributed by atoms with Gasteiger partial charge in [-0.3, -0.25) is 9.69 Å². The van der Waals surface area contributed by atoms with E-state index < -0.39 is 0 Å². The van der Waals surface area contributed by atoms with Crippen LogP contribution in [0.2, 0.25) is 0 Å². The van der Waals surface area contributed by atoms with Gasteiger partial charge in [0.25, 0.3) is 0 Å². The van der Waals surface area contributed by atoms with Crippen molar-refractivity contribution >= 4 is 5.78 Å². The Morgan fingerprint density at radius 1 is 1.17 bits per heavy atom. The molecule has 0 N–H and O–H groups in total. The molecule has 0 aliphatic carbocycles. The summed E-state index contributed by atoms with van der Waals surface area (Å²) in [6.07, 6.45) is 2.10. The standard InChI is InChI=1S/C16H25NO/c1-5-13(4)17(7-3)12-16(18)15-10-8-14(6-2)9-11-15/h8-11,13H,5-7,12H2,1-4H3. The molecule has 2 heteroatoms. The lowest BCUT2D eigenvalue weighted by atomic mass is 10.1. The molecule has 1 unspecified atom stereocenters. The normalized spacial score (nSPS) is 12.7. The van der Waals surface area contributed by atoms with Crippen LogP contribution in [0.3, 0.4) is 0 Å². The highest BCUT2D eigenvalue weighted by molar-refractivity contribution is 5.97. The van der Waals surface area contributed by atoms with Crippen LogP contribution in [0.15, 0.2) is 24.3 Å². The van der Waals surface area contributed by atoms with Crippen molar-refractivity contribution in [2.75, 3.05) is 13.1 Å². The van der Waals surface area contributed by atoms with Crippen molar-refractivity contribution in [1.29, 1.82) is 0 Å². The van der Waals surface area contributed by atoms with E-state index in [4.69, 9.17) is 0 Å². The summed E-state index contributed by atoms with van der Waals surface area (Å²) in [6, 6.07) is 8.46. The van der Waals surface area contributed by atoms with Gasteiger partial charge in [0.1, 0.15) is 0 Å². The van der Waals surface area contributed by atoms with Crippen molar-refractivity contribution in [2.24, 2.45) is 0 Å². The quantitative estimate of drug-likeness (QED) is 0.687. The summed E-state index contributed by atoms with van der Waals surface area (Å²) in [5.41, 5.74) is 2.11. The van der Waals surface area contributed by atoms with Crippen molar-refractivity contribution in [3.63, 3.8) is 0 Å². The lowest BCUT2D eigenvalue weighted by molar-refractivity contribution is 0.0902. The summed E-state index contributed by atoms with van der Waals surface area (Å²) in [4.78, 5) is 14.4. The van der Waals surface area contributed by atoms with E-state index in [1.54, 1.807) is 0 Å². The molecule has 100 valence electrons. The molecule has 0 spiro atoms. The van der Waals surface area contributed by atoms with Crippen LogP contribution >= 0.6 is 0 Å². The van der Waals surface area contributed by atoms with Crippen molar-refractivity contribution in [3.05, 3.63) is 35.4 Å². The average molecular weight is 247 g/mol. The number of likely N-dealkylation sites (N-methyl/N-ethyl adjacent to an activating group) is 1. The van der Waals surface area contributed by atoms with Crippen LogP contribution in [0, 0.1) is 0 Å². The Morgan fingerprint density at radius 2 is 1.78 bits per heavy atom. The van der Waals surface area contributed by atoms with Crippen molar-refractivity contribution in [2.45, 2.75) is 46.6 Å². The lowest BCUT2D eigenvalue weighted by Gasteiger charge is -2.26. The first-order valence-electron chi connectivity index (χ1n) is 6.98. The van der Waals surface area contributed by atoms with Gasteiger partial charge in [-0.25, -0.2) is 0 Å². The van der Waals surface area contributed by atoms with E-state index in [2.05, 4.69) is 32.6 Å². The Labute approximate surface area is 111 Å². The molecule has 1 rings (SSSR count). The van der Waals surface area contributed by atoms with Crippen molar-refractivity contribution in [1.82, 2.24) is 4.90 Å². The number of benzene rings is 1. The minimum atomic E-state index is 0.222. The summed E-state index contributed by atoms with van der Waals surface area (Å²) >= 11 is 0. The van der Waals surface area contributed by atoms with Gasteiger partial charge in [-0.05, 0) is 31.9 Å². The van der Waals surface area contributed by atoms with Crippen LogP contribution in [0.1, 0.15) is 50.0 Å². The molecule has 18 heavy (non-hydrogen) atoms. The highest BCUT2D eigenvalue weighted by atomic mass is 16.1. The molecule has 0 bridgehead atoms. The number of aryl methyl sites for hydroxylation is 1. The van der Waals surface area contributed by atoms with Gasteiger partial charge >= 0.3 is 0 Å². The number of nitrogens with zero attached hydrogens (tertiary/aromatic N) is 1. The number of carbonyl (C=O) groups excluding carboxylic acids is 1. The van der Waals surface area contributed by atoms with Crippen molar-refractivity contribution < 1.29 is 4.79 Å². The molecule has 0 aromatic heterocycles. The molecule has 1 atom stereocenters. The Bertz CT molecular complexity index is 369. The van der Waals surface area contributed by atoms with Gasteiger partial charge in [-0.15, -0.1) is 0 Å². The van der Waals surface area contributed by atoms with E-state index in [9.17, 15) is 4.79 Å². The largest absolute Gasteiger partial charge is 0.293 e. The summed E-state index contributed by atoms with van der Waals surface area (Å²) in [5.74, 6) is 0.222. The van der Waals surface area contributed by atoms with Gasteiger partial charge in [-0.1, -0.05) is 45.0 Å². The van der Waals surface area contributed by atoms with Gasteiger partial charge in [0.2, 0.25) is 0 Å². The molecule has 2 nitrogen and oxygen atoms in total. The molecular weight excluding hydrogens is 222 g/mol. The second-order valence-corrected chi connectivity index (χ2v) is 4.79. The van der Waals surface area contributed by atoms with Crippen LogP contribution in [0.4, 0.5) is 0 Å². The maximum Gasteiger partial charge on any atom is 0.176 e. The van der Waals surface area contributed by atoms with E-state index in [1.165, 1.54) is 5.56 Å². The molecule has 0 saturated carbocycles. The van der Waals surface area contributed by atoms with Crippen LogP contribution in [0.25, 0.3) is 0 Å². The maximum atomic E-state index is 12.2. The third-order valence-electron chi connectivity index (χ3n) is 3.65. The first-order chi connectivity index (χ1) is 8.62. The Hall–Kier alpha value is -1.15. The summed E-state index contributed by atoms with van der Waals surface area (Å²) in [7, 11) is 0. The van der Waals surface area contributed by atoms with Crippen molar-refractivity contribution in [3.8, 4) is 0 Å².